The van der Waals surface area contributed by atoms with Crippen LogP contribution in [-0.2, 0) is 11.2 Å². The van der Waals surface area contributed by atoms with Gasteiger partial charge in [-0.3, -0.25) is 4.79 Å². The molecule has 0 bridgehead atoms. The maximum Gasteiger partial charge on any atom is 0.228 e. The van der Waals surface area contributed by atoms with Gasteiger partial charge in [0, 0.05) is 32.8 Å². The van der Waals surface area contributed by atoms with Crippen LogP contribution in [0.15, 0.2) is 34.9 Å². The molecule has 0 spiro atoms. The van der Waals surface area contributed by atoms with E-state index in [0.29, 0.717) is 10.7 Å². The largest absolute Gasteiger partial charge is 0.616 e. The molecule has 0 aliphatic carbocycles. The third kappa shape index (κ3) is 2.84. The summed E-state index contributed by atoms with van der Waals surface area (Å²) in [4.78, 5) is 18.7. The monoisotopic (exact) mass is 398 g/mol. The summed E-state index contributed by atoms with van der Waals surface area (Å²) in [5.41, 5.74) is 2.81. The van der Waals surface area contributed by atoms with Crippen molar-refractivity contribution in [3.63, 3.8) is 0 Å². The molecule has 7 heteroatoms. The Hall–Kier alpha value is -1.21. The number of aromatic nitrogens is 2. The van der Waals surface area contributed by atoms with Gasteiger partial charge >= 0.3 is 0 Å². The average molecular weight is 400 g/mol. The first kappa shape index (κ1) is 15.7. The Balaban J connectivity index is 2.26. The smallest absolute Gasteiger partial charge is 0.228 e. The summed E-state index contributed by atoms with van der Waals surface area (Å²) < 4.78 is 12.1. The number of rotatable bonds is 4. The summed E-state index contributed by atoms with van der Waals surface area (Å²) in [6.07, 6.45) is 3.31. The lowest BCUT2D eigenvalue weighted by Crippen LogP contribution is -2.15. The first-order chi connectivity index (χ1) is 10.5. The van der Waals surface area contributed by atoms with E-state index in [1.807, 2.05) is 24.3 Å². The van der Waals surface area contributed by atoms with Crippen LogP contribution in [0.25, 0.3) is 22.2 Å². The number of halogens is 2. The lowest BCUT2D eigenvalue weighted by molar-refractivity contribution is 0.101. The van der Waals surface area contributed by atoms with Crippen LogP contribution in [0.1, 0.15) is 10.5 Å². The minimum atomic E-state index is -1.20. The molecular weight excluding hydrogens is 388 g/mol. The van der Waals surface area contributed by atoms with Crippen molar-refractivity contribution in [3.05, 3.63) is 45.7 Å². The van der Waals surface area contributed by atoms with Gasteiger partial charge in [0.2, 0.25) is 5.78 Å². The van der Waals surface area contributed by atoms with Gasteiger partial charge < -0.3 is 14.5 Å². The fourth-order valence-electron chi connectivity index (χ4n) is 2.42. The first-order valence-corrected chi connectivity index (χ1v) is 9.35. The Kier molecular flexibility index (Phi) is 4.36. The summed E-state index contributed by atoms with van der Waals surface area (Å²) in [7, 11) is 0. The Bertz CT molecular complexity index is 843. The van der Waals surface area contributed by atoms with Gasteiger partial charge in [0.15, 0.2) is 5.75 Å². The van der Waals surface area contributed by atoms with Crippen LogP contribution in [0.4, 0.5) is 0 Å². The van der Waals surface area contributed by atoms with Crippen LogP contribution in [0.2, 0.25) is 5.02 Å². The molecule has 22 heavy (non-hydrogen) atoms. The first-order valence-electron chi connectivity index (χ1n) is 6.45. The Labute approximate surface area is 143 Å². The van der Waals surface area contributed by atoms with Crippen LogP contribution in [0.5, 0.6) is 0 Å². The van der Waals surface area contributed by atoms with Crippen molar-refractivity contribution in [2.75, 3.05) is 12.0 Å². The molecule has 0 fully saturated rings. The van der Waals surface area contributed by atoms with Gasteiger partial charge in [-0.05, 0) is 51.4 Å². The summed E-state index contributed by atoms with van der Waals surface area (Å²) >= 11 is 8.38. The molecule has 114 valence electrons. The minimum Gasteiger partial charge on any atom is -0.616 e. The highest BCUT2D eigenvalue weighted by Crippen LogP contribution is 2.36. The molecule has 3 rings (SSSR count). The number of carbonyl (C=O) groups excluding carboxylic acids is 1. The van der Waals surface area contributed by atoms with Crippen LogP contribution >= 0.6 is 27.5 Å². The maximum absolute atomic E-state index is 12.4. The molecule has 0 saturated heterocycles. The zero-order valence-electron chi connectivity index (χ0n) is 11.6. The topological polar surface area (TPSA) is 71.7 Å². The van der Waals surface area contributed by atoms with E-state index >= 15 is 0 Å². The van der Waals surface area contributed by atoms with Gasteiger partial charge in [-0.2, -0.15) is 0 Å². The highest BCUT2D eigenvalue weighted by molar-refractivity contribution is 9.10. The Morgan fingerprint density at radius 2 is 2.23 bits per heavy atom. The third-order valence-electron chi connectivity index (χ3n) is 3.32. The lowest BCUT2D eigenvalue weighted by Gasteiger charge is -2.05. The van der Waals surface area contributed by atoms with Crippen molar-refractivity contribution in [3.8, 4) is 11.3 Å². The Morgan fingerprint density at radius 3 is 2.86 bits per heavy atom. The zero-order valence-corrected chi connectivity index (χ0v) is 14.7. The number of hydrogen-bond acceptors (Lipinski definition) is 2. The summed E-state index contributed by atoms with van der Waals surface area (Å²) in [6.45, 7) is 0. The summed E-state index contributed by atoms with van der Waals surface area (Å²) in [5.74, 6) is -0.205. The van der Waals surface area contributed by atoms with Crippen LogP contribution in [0.3, 0.4) is 0 Å². The van der Waals surface area contributed by atoms with E-state index in [2.05, 4.69) is 25.9 Å². The van der Waals surface area contributed by atoms with Crippen molar-refractivity contribution < 1.29 is 9.35 Å². The second-order valence-electron chi connectivity index (χ2n) is 4.91. The van der Waals surface area contributed by atoms with Crippen molar-refractivity contribution in [1.29, 1.82) is 0 Å². The van der Waals surface area contributed by atoms with E-state index in [1.54, 1.807) is 6.20 Å². The van der Waals surface area contributed by atoms with E-state index in [-0.39, 0.29) is 11.5 Å². The third-order valence-corrected chi connectivity index (χ3v) is 5.19. The SMILES string of the molecule is C[S+]([O-])CC(=O)c1[nH]c2cc(Br)c(Cl)cc2c1-c1ccc[nH]1. The number of H-pyrrole nitrogens is 2. The molecule has 2 heterocycles. The molecule has 4 nitrogen and oxygen atoms in total. The maximum atomic E-state index is 12.4. The van der Waals surface area contributed by atoms with Gasteiger partial charge in [-0.25, -0.2) is 0 Å². The number of fused-ring (bicyclic) bond motifs is 1. The molecule has 2 N–H and O–H groups in total. The van der Waals surface area contributed by atoms with Gasteiger partial charge in [0.25, 0.3) is 0 Å². The van der Waals surface area contributed by atoms with Crippen LogP contribution < -0.4 is 0 Å². The van der Waals surface area contributed by atoms with Gasteiger partial charge in [-0.1, -0.05) is 11.6 Å². The van der Waals surface area contributed by atoms with E-state index in [0.717, 1.165) is 26.6 Å². The van der Waals surface area contributed by atoms with E-state index in [4.69, 9.17) is 11.6 Å². The Morgan fingerprint density at radius 1 is 1.45 bits per heavy atom. The molecule has 0 aliphatic rings. The second-order valence-corrected chi connectivity index (χ2v) is 7.61. The van der Waals surface area contributed by atoms with Crippen molar-refractivity contribution in [1.82, 2.24) is 9.97 Å². The van der Waals surface area contributed by atoms with Crippen molar-refractivity contribution in [2.45, 2.75) is 0 Å². The molecule has 1 aromatic carbocycles. The minimum absolute atomic E-state index is 0.0184. The standard InChI is InChI=1S/C15H12BrClN2O2S/c1-22(21)7-13(20)15-14(11-3-2-4-18-11)8-5-10(17)9(16)6-12(8)19-15/h2-6,18-19H,7H2,1H3. The number of Topliss-reactive ketones (excluding diaryl/α,β-unsaturated/α-hetero) is 1. The normalized spacial score (nSPS) is 12.7. The molecular formula is C15H12BrClN2O2S. The molecule has 1 unspecified atom stereocenters. The molecule has 0 aliphatic heterocycles. The van der Waals surface area contributed by atoms with Crippen molar-refractivity contribution in [2.24, 2.45) is 0 Å². The quantitative estimate of drug-likeness (QED) is 0.511. The fraction of sp³-hybridized carbons (Fsp3) is 0.133. The van der Waals surface area contributed by atoms with Gasteiger partial charge in [0.05, 0.1) is 17.0 Å². The number of aromatic amines is 2. The fourth-order valence-corrected chi connectivity index (χ4v) is 3.44. The van der Waals surface area contributed by atoms with Crippen LogP contribution in [0, 0.1) is 0 Å². The number of hydrogen-bond donors (Lipinski definition) is 2. The average Bonchev–Trinajstić information content (AvgIpc) is 3.05. The predicted octanol–water partition coefficient (Wildman–Crippen LogP) is 4.14. The lowest BCUT2D eigenvalue weighted by atomic mass is 10.1. The number of carbonyl (C=O) groups is 1. The zero-order chi connectivity index (χ0) is 15.9. The van der Waals surface area contributed by atoms with E-state index in [9.17, 15) is 9.35 Å². The number of benzene rings is 1. The number of ketones is 1. The van der Waals surface area contributed by atoms with Crippen LogP contribution in [-0.4, -0.2) is 32.3 Å². The number of nitrogens with one attached hydrogen (secondary N) is 2. The van der Waals surface area contributed by atoms with Gasteiger partial charge in [-0.15, -0.1) is 0 Å². The second kappa shape index (κ2) is 6.12. The highest BCUT2D eigenvalue weighted by atomic mass is 79.9. The molecule has 0 amide bonds. The molecule has 3 aromatic rings. The highest BCUT2D eigenvalue weighted by Gasteiger charge is 2.23. The van der Waals surface area contributed by atoms with E-state index < -0.39 is 11.2 Å². The molecule has 2 aromatic heterocycles. The molecule has 0 saturated carbocycles. The predicted molar refractivity (Wildman–Crippen MR) is 94.1 cm³/mol. The molecule has 0 radical (unpaired) electrons. The van der Waals surface area contributed by atoms with E-state index in [1.165, 1.54) is 6.26 Å². The summed E-state index contributed by atoms with van der Waals surface area (Å²) in [5, 5.41) is 1.42. The van der Waals surface area contributed by atoms with Crippen molar-refractivity contribution >= 4 is 55.4 Å². The van der Waals surface area contributed by atoms with Gasteiger partial charge in [0.1, 0.15) is 0 Å². The summed E-state index contributed by atoms with van der Waals surface area (Å²) in [6, 6.07) is 7.40. The molecule has 1 atom stereocenters.